The van der Waals surface area contributed by atoms with Crippen molar-refractivity contribution in [1.29, 1.82) is 0 Å². The molecule has 0 radical (unpaired) electrons. The van der Waals surface area contributed by atoms with E-state index in [1.165, 1.54) is 4.57 Å². The topological polar surface area (TPSA) is 131 Å². The number of halogens is 1. The van der Waals surface area contributed by atoms with Crippen LogP contribution in [0.4, 0.5) is 0 Å². The third kappa shape index (κ3) is 2.92. The molecule has 3 heterocycles. The lowest BCUT2D eigenvalue weighted by atomic mass is 9.99. The number of phenolic OH excluding ortho intramolecular Hbond substituents is 5. The molecule has 38 heavy (non-hydrogen) atoms. The van der Waals surface area contributed by atoms with Gasteiger partial charge in [0.2, 0.25) is 17.2 Å². The van der Waals surface area contributed by atoms with E-state index in [1.54, 1.807) is 18.3 Å². The summed E-state index contributed by atoms with van der Waals surface area (Å²) < 4.78 is 7.52. The molecule has 0 fully saturated rings. The Morgan fingerprint density at radius 3 is 2.11 bits per heavy atom. The largest absolute Gasteiger partial charge is 0.503 e. The molecule has 0 atom stereocenters. The van der Waals surface area contributed by atoms with E-state index in [2.05, 4.69) is 5.32 Å². The van der Waals surface area contributed by atoms with Gasteiger partial charge in [-0.3, -0.25) is 0 Å². The van der Waals surface area contributed by atoms with Crippen LogP contribution in [0.3, 0.4) is 0 Å². The lowest BCUT2D eigenvalue weighted by molar-refractivity contribution is 0.327. The van der Waals surface area contributed by atoms with Crippen LogP contribution in [-0.2, 0) is 6.54 Å². The highest BCUT2D eigenvalue weighted by molar-refractivity contribution is 6.50. The molecule has 6 aromatic rings. The summed E-state index contributed by atoms with van der Waals surface area (Å²) in [6, 6.07) is 19.0. The number of phenols is 5. The maximum absolute atomic E-state index is 10.7. The van der Waals surface area contributed by atoms with Crippen LogP contribution in [-0.4, -0.2) is 30.1 Å². The van der Waals surface area contributed by atoms with E-state index in [0.29, 0.717) is 22.6 Å². The van der Waals surface area contributed by atoms with E-state index < -0.39 is 28.7 Å². The fourth-order valence-electron chi connectivity index (χ4n) is 5.30. The number of aromatic hydroxyl groups is 5. The van der Waals surface area contributed by atoms with Gasteiger partial charge in [-0.2, -0.15) is 0 Å². The van der Waals surface area contributed by atoms with E-state index in [9.17, 15) is 25.5 Å². The first-order chi connectivity index (χ1) is 18.3. The van der Waals surface area contributed by atoms with Crippen molar-refractivity contribution in [2.24, 2.45) is 0 Å². The van der Waals surface area contributed by atoms with Gasteiger partial charge in [0.1, 0.15) is 17.0 Å². The minimum Gasteiger partial charge on any atom is -0.503 e. The average Bonchev–Trinajstić information content (AvgIpc) is 3.47. The molecule has 1 aliphatic rings. The second-order valence-corrected chi connectivity index (χ2v) is 9.57. The number of hydrogen-bond donors (Lipinski definition) is 6. The Labute approximate surface area is 219 Å². The van der Waals surface area contributed by atoms with Crippen LogP contribution in [0.25, 0.3) is 54.6 Å². The van der Waals surface area contributed by atoms with Gasteiger partial charge in [-0.1, -0.05) is 41.9 Å². The summed E-state index contributed by atoms with van der Waals surface area (Å²) in [5.41, 5.74) is 4.42. The second kappa shape index (κ2) is 7.77. The molecular weight excluding hydrogens is 508 g/mol. The maximum atomic E-state index is 10.7. The standard InChI is InChI=1S/C29H19ClN2O6/c30-18-11-31-12-22-23(18)17-10-14(6-8-21(17)38-22)13-5-7-20-16(9-13)15-3-1-2-4-19(15)32(20)24-25(33)27(35)29(37)28(36)26(24)34/h1-11,31,33-37H,12H2. The van der Waals surface area contributed by atoms with Crippen molar-refractivity contribution in [2.75, 3.05) is 0 Å². The number of rotatable bonds is 2. The molecular formula is C29H19ClN2O6. The van der Waals surface area contributed by atoms with Crippen LogP contribution >= 0.6 is 11.6 Å². The van der Waals surface area contributed by atoms with Crippen LogP contribution in [0.2, 0.25) is 0 Å². The number of nitrogens with zero attached hydrogens (tertiary/aromatic N) is 1. The van der Waals surface area contributed by atoms with Crippen LogP contribution < -0.4 is 5.32 Å². The van der Waals surface area contributed by atoms with Gasteiger partial charge in [0.15, 0.2) is 11.5 Å². The number of aromatic nitrogens is 1. The van der Waals surface area contributed by atoms with Gasteiger partial charge in [0, 0.05) is 27.9 Å². The smallest absolute Gasteiger partial charge is 0.208 e. The van der Waals surface area contributed by atoms with Crippen molar-refractivity contribution in [3.63, 3.8) is 0 Å². The van der Waals surface area contributed by atoms with Crippen LogP contribution in [0.1, 0.15) is 11.3 Å². The molecule has 0 aliphatic carbocycles. The molecule has 0 amide bonds. The lowest BCUT2D eigenvalue weighted by Crippen LogP contribution is -2.10. The maximum Gasteiger partial charge on any atom is 0.208 e. The monoisotopic (exact) mass is 526 g/mol. The highest BCUT2D eigenvalue weighted by Gasteiger charge is 2.27. The molecule has 0 unspecified atom stereocenters. The van der Waals surface area contributed by atoms with Crippen LogP contribution in [0.15, 0.2) is 71.3 Å². The first-order valence-corrected chi connectivity index (χ1v) is 12.1. The minimum absolute atomic E-state index is 0.252. The Morgan fingerprint density at radius 2 is 1.34 bits per heavy atom. The third-order valence-corrected chi connectivity index (χ3v) is 7.36. The summed E-state index contributed by atoms with van der Waals surface area (Å²) in [6.45, 7) is 0.559. The molecule has 0 bridgehead atoms. The van der Waals surface area contributed by atoms with Gasteiger partial charge in [-0.25, -0.2) is 0 Å². The molecule has 9 heteroatoms. The summed E-state index contributed by atoms with van der Waals surface area (Å²) in [5.74, 6) is -3.62. The predicted octanol–water partition coefficient (Wildman–Crippen LogP) is 6.37. The Balaban J connectivity index is 1.49. The Kier molecular flexibility index (Phi) is 4.55. The SMILES string of the molecule is Oc1c(O)c(O)c(-n2c3ccccc3c3cc(-c4ccc5oc6c(c5c4)C(Cl)=CNC6)ccc32)c(O)c1O. The Morgan fingerprint density at radius 1 is 0.711 bits per heavy atom. The van der Waals surface area contributed by atoms with E-state index in [0.717, 1.165) is 44.2 Å². The lowest BCUT2D eigenvalue weighted by Gasteiger charge is -2.15. The first kappa shape index (κ1) is 22.3. The van der Waals surface area contributed by atoms with Crippen molar-refractivity contribution in [1.82, 2.24) is 9.88 Å². The van der Waals surface area contributed by atoms with E-state index >= 15 is 0 Å². The van der Waals surface area contributed by atoms with E-state index in [1.807, 2.05) is 48.5 Å². The first-order valence-electron chi connectivity index (χ1n) is 11.7. The van der Waals surface area contributed by atoms with Gasteiger partial charge in [0.25, 0.3) is 0 Å². The number of hydrogen-bond acceptors (Lipinski definition) is 7. The molecule has 7 rings (SSSR count). The fraction of sp³-hybridized carbons (Fsp3) is 0.0345. The third-order valence-electron chi connectivity index (χ3n) is 7.07. The van der Waals surface area contributed by atoms with Crippen LogP contribution in [0, 0.1) is 0 Å². The molecule has 2 aromatic heterocycles. The molecule has 188 valence electrons. The summed E-state index contributed by atoms with van der Waals surface area (Å²) >= 11 is 6.47. The van der Waals surface area contributed by atoms with Crippen molar-refractivity contribution in [2.45, 2.75) is 6.54 Å². The van der Waals surface area contributed by atoms with Crippen molar-refractivity contribution >= 4 is 49.4 Å². The highest BCUT2D eigenvalue weighted by atomic mass is 35.5. The molecule has 0 saturated heterocycles. The number of nitrogens with one attached hydrogen (secondary N) is 1. The number of para-hydroxylation sites is 1. The van der Waals surface area contributed by atoms with E-state index in [4.69, 9.17) is 16.0 Å². The van der Waals surface area contributed by atoms with Gasteiger partial charge in [-0.15, -0.1) is 0 Å². The van der Waals surface area contributed by atoms with Gasteiger partial charge >= 0.3 is 0 Å². The molecule has 8 nitrogen and oxygen atoms in total. The molecule has 4 aromatic carbocycles. The predicted molar refractivity (Wildman–Crippen MR) is 145 cm³/mol. The summed E-state index contributed by atoms with van der Waals surface area (Å²) in [6.07, 6.45) is 1.76. The summed E-state index contributed by atoms with van der Waals surface area (Å²) in [5, 5.41) is 57.8. The van der Waals surface area contributed by atoms with Crippen LogP contribution in [0.5, 0.6) is 28.7 Å². The van der Waals surface area contributed by atoms with Crippen molar-refractivity contribution < 1.29 is 29.9 Å². The zero-order chi connectivity index (χ0) is 26.3. The van der Waals surface area contributed by atoms with E-state index in [-0.39, 0.29) is 5.69 Å². The van der Waals surface area contributed by atoms with Gasteiger partial charge in [0.05, 0.1) is 22.6 Å². The summed E-state index contributed by atoms with van der Waals surface area (Å²) in [4.78, 5) is 0. The highest BCUT2D eigenvalue weighted by Crippen LogP contribution is 2.54. The second-order valence-electron chi connectivity index (χ2n) is 9.16. The number of furan rings is 1. The zero-order valence-corrected chi connectivity index (χ0v) is 20.3. The number of fused-ring (bicyclic) bond motifs is 6. The summed E-state index contributed by atoms with van der Waals surface area (Å²) in [7, 11) is 0. The van der Waals surface area contributed by atoms with Crippen molar-refractivity contribution in [3.05, 3.63) is 78.2 Å². The van der Waals surface area contributed by atoms with Gasteiger partial charge < -0.3 is 39.8 Å². The minimum atomic E-state index is -1.01. The number of benzene rings is 4. The zero-order valence-electron chi connectivity index (χ0n) is 19.5. The van der Waals surface area contributed by atoms with Gasteiger partial charge in [-0.05, 0) is 41.5 Å². The quantitative estimate of drug-likeness (QED) is 0.114. The molecule has 6 N–H and O–H groups in total. The molecule has 1 aliphatic heterocycles. The average molecular weight is 527 g/mol. The molecule has 0 saturated carbocycles. The van der Waals surface area contributed by atoms with Crippen molar-refractivity contribution in [3.8, 4) is 45.6 Å². The Hall–Kier alpha value is -4.95. The normalized spacial score (nSPS) is 13.1. The fourth-order valence-corrected chi connectivity index (χ4v) is 5.58. The molecule has 0 spiro atoms. The Bertz CT molecular complexity index is 1970.